The van der Waals surface area contributed by atoms with Crippen molar-refractivity contribution in [1.29, 1.82) is 0 Å². The van der Waals surface area contributed by atoms with Gasteiger partial charge in [-0.3, -0.25) is 4.79 Å². The number of nitrogens with zero attached hydrogens (tertiary/aromatic N) is 3. The van der Waals surface area contributed by atoms with E-state index in [-0.39, 0.29) is 22.8 Å². The zero-order valence-electron chi connectivity index (χ0n) is 15.6. The topological polar surface area (TPSA) is 87.5 Å². The molecule has 2 aromatic rings. The van der Waals surface area contributed by atoms with Crippen LogP contribution in [0.1, 0.15) is 44.0 Å². The second kappa shape index (κ2) is 6.02. The fraction of sp³-hybridized carbons (Fsp3) is 0.526. The van der Waals surface area contributed by atoms with Crippen LogP contribution < -0.4 is 15.6 Å². The van der Waals surface area contributed by atoms with E-state index in [1.165, 1.54) is 6.20 Å². The summed E-state index contributed by atoms with van der Waals surface area (Å²) in [5.41, 5.74) is -1.31. The van der Waals surface area contributed by atoms with Crippen LogP contribution in [0.2, 0.25) is 0 Å². The van der Waals surface area contributed by atoms with Crippen molar-refractivity contribution < 1.29 is 14.3 Å². The van der Waals surface area contributed by atoms with E-state index in [1.54, 1.807) is 4.57 Å². The number of aromatic carboxylic acids is 1. The zero-order valence-corrected chi connectivity index (χ0v) is 15.6. The summed E-state index contributed by atoms with van der Waals surface area (Å²) >= 11 is 0. The number of carboxylic acids is 1. The van der Waals surface area contributed by atoms with Crippen molar-refractivity contribution in [2.24, 2.45) is 0 Å². The molecule has 3 fully saturated rings. The Kier molecular flexibility index (Phi) is 3.99. The Bertz CT molecular complexity index is 987. The Hall–Kier alpha value is -2.48. The first kappa shape index (κ1) is 17.9. The van der Waals surface area contributed by atoms with Crippen LogP contribution in [-0.2, 0) is 5.54 Å². The third-order valence-electron chi connectivity index (χ3n) is 5.49. The van der Waals surface area contributed by atoms with Gasteiger partial charge in [0.25, 0.3) is 0 Å². The van der Waals surface area contributed by atoms with Crippen molar-refractivity contribution in [2.45, 2.75) is 51.2 Å². The summed E-state index contributed by atoms with van der Waals surface area (Å²) in [5.74, 6) is -1.68. The predicted molar refractivity (Wildman–Crippen MR) is 100 cm³/mol. The molecule has 0 spiro atoms. The molecule has 8 heteroatoms. The van der Waals surface area contributed by atoms with Gasteiger partial charge in [0.05, 0.1) is 5.39 Å². The molecule has 0 aliphatic carbocycles. The van der Waals surface area contributed by atoms with Gasteiger partial charge in [0.15, 0.2) is 11.6 Å². The van der Waals surface area contributed by atoms with Crippen molar-refractivity contribution >= 4 is 22.8 Å². The molecule has 0 amide bonds. The number of hydrogen-bond donors (Lipinski definition) is 2. The first-order chi connectivity index (χ1) is 12.7. The van der Waals surface area contributed by atoms with Gasteiger partial charge in [-0.05, 0) is 39.7 Å². The third-order valence-corrected chi connectivity index (χ3v) is 5.49. The molecule has 2 N–H and O–H groups in total. The van der Waals surface area contributed by atoms with Gasteiger partial charge in [-0.1, -0.05) is 0 Å². The average Bonchev–Trinajstić information content (AvgIpc) is 2.61. The quantitative estimate of drug-likeness (QED) is 0.835. The van der Waals surface area contributed by atoms with Gasteiger partial charge >= 0.3 is 5.97 Å². The molecule has 2 unspecified atom stereocenters. The van der Waals surface area contributed by atoms with Crippen LogP contribution in [0.5, 0.6) is 0 Å². The normalized spacial score (nSPS) is 22.4. The number of carboxylic acid groups (broad SMARTS) is 1. The first-order valence-corrected chi connectivity index (χ1v) is 9.16. The van der Waals surface area contributed by atoms with Crippen LogP contribution >= 0.6 is 0 Å². The third kappa shape index (κ3) is 2.88. The lowest BCUT2D eigenvalue weighted by Gasteiger charge is -2.46. The number of piperazine rings is 1. The van der Waals surface area contributed by atoms with E-state index < -0.39 is 22.8 Å². The van der Waals surface area contributed by atoms with Gasteiger partial charge in [0.2, 0.25) is 5.43 Å². The summed E-state index contributed by atoms with van der Waals surface area (Å²) in [7, 11) is 0. The molecule has 7 nitrogen and oxygen atoms in total. The summed E-state index contributed by atoms with van der Waals surface area (Å²) in [5, 5.41) is 12.8. The minimum absolute atomic E-state index is 0.00799. The number of rotatable bonds is 2. The van der Waals surface area contributed by atoms with E-state index in [9.17, 15) is 19.1 Å². The molecule has 2 aromatic heterocycles. The largest absolute Gasteiger partial charge is 0.477 e. The number of piperidine rings is 2. The van der Waals surface area contributed by atoms with E-state index in [1.807, 2.05) is 25.7 Å². The van der Waals surface area contributed by atoms with Gasteiger partial charge in [-0.15, -0.1) is 0 Å². The molecule has 5 rings (SSSR count). The van der Waals surface area contributed by atoms with Crippen molar-refractivity contribution in [3.63, 3.8) is 0 Å². The van der Waals surface area contributed by atoms with Gasteiger partial charge in [0.1, 0.15) is 11.2 Å². The molecule has 2 bridgehead atoms. The van der Waals surface area contributed by atoms with Gasteiger partial charge in [-0.2, -0.15) is 0 Å². The Morgan fingerprint density at radius 1 is 1.37 bits per heavy atom. The van der Waals surface area contributed by atoms with Crippen molar-refractivity contribution in [2.75, 3.05) is 18.0 Å². The van der Waals surface area contributed by atoms with Crippen molar-refractivity contribution in [3.8, 4) is 0 Å². The molecule has 0 saturated carbocycles. The second-order valence-corrected chi connectivity index (χ2v) is 8.37. The van der Waals surface area contributed by atoms with E-state index >= 15 is 0 Å². The standard InChI is InChI=1S/C19H23FN4O3/c1-19(2,3)24-9-13(18(26)27)15(25)12-6-14(20)17(22-16(12)24)23-8-10-4-5-11(23)7-21-10/h6,9-11,21H,4-5,7-8H2,1-3H3,(H,26,27). The number of anilines is 1. The summed E-state index contributed by atoms with van der Waals surface area (Å²) < 4.78 is 16.6. The van der Waals surface area contributed by atoms with E-state index in [0.29, 0.717) is 18.2 Å². The Morgan fingerprint density at radius 3 is 2.63 bits per heavy atom. The highest BCUT2D eigenvalue weighted by Gasteiger charge is 2.36. The maximum Gasteiger partial charge on any atom is 0.341 e. The highest BCUT2D eigenvalue weighted by Crippen LogP contribution is 2.31. The lowest BCUT2D eigenvalue weighted by molar-refractivity contribution is 0.0694. The number of halogens is 1. The summed E-state index contributed by atoms with van der Waals surface area (Å²) in [6.07, 6.45) is 3.34. The second-order valence-electron chi connectivity index (χ2n) is 8.37. The molecule has 27 heavy (non-hydrogen) atoms. The van der Waals surface area contributed by atoms with Crippen LogP contribution in [0, 0.1) is 5.82 Å². The predicted octanol–water partition coefficient (Wildman–Crippen LogP) is 1.93. The number of nitrogens with one attached hydrogen (secondary N) is 1. The zero-order chi connectivity index (χ0) is 19.5. The van der Waals surface area contributed by atoms with Crippen molar-refractivity contribution in [1.82, 2.24) is 14.9 Å². The van der Waals surface area contributed by atoms with Gasteiger partial charge in [0, 0.05) is 36.9 Å². The van der Waals surface area contributed by atoms with Crippen molar-refractivity contribution in [3.05, 3.63) is 33.9 Å². The molecular weight excluding hydrogens is 351 g/mol. The smallest absolute Gasteiger partial charge is 0.341 e. The summed E-state index contributed by atoms with van der Waals surface area (Å²) in [4.78, 5) is 30.6. The molecule has 0 radical (unpaired) electrons. The first-order valence-electron chi connectivity index (χ1n) is 9.16. The Morgan fingerprint density at radius 2 is 2.11 bits per heavy atom. The number of fused-ring (bicyclic) bond motifs is 4. The molecule has 2 atom stereocenters. The molecule has 0 aromatic carbocycles. The lowest BCUT2D eigenvalue weighted by Crippen LogP contribution is -2.61. The highest BCUT2D eigenvalue weighted by molar-refractivity contribution is 5.92. The molecule has 3 saturated heterocycles. The maximum atomic E-state index is 14.9. The molecule has 144 valence electrons. The summed E-state index contributed by atoms with van der Waals surface area (Å²) in [6.45, 7) is 7.13. The van der Waals surface area contributed by atoms with Crippen LogP contribution in [-0.4, -0.2) is 45.8 Å². The fourth-order valence-corrected chi connectivity index (χ4v) is 4.05. The van der Waals surface area contributed by atoms with E-state index in [0.717, 1.165) is 25.5 Å². The highest BCUT2D eigenvalue weighted by atomic mass is 19.1. The fourth-order valence-electron chi connectivity index (χ4n) is 4.05. The van der Waals surface area contributed by atoms with Crippen LogP contribution in [0.4, 0.5) is 10.2 Å². The monoisotopic (exact) mass is 374 g/mol. The van der Waals surface area contributed by atoms with Gasteiger partial charge < -0.3 is 19.9 Å². The number of aromatic nitrogens is 2. The average molecular weight is 374 g/mol. The maximum absolute atomic E-state index is 14.9. The lowest BCUT2D eigenvalue weighted by atomic mass is 9.93. The minimum atomic E-state index is -1.33. The van der Waals surface area contributed by atoms with E-state index in [4.69, 9.17) is 0 Å². The molecular formula is C19H23FN4O3. The molecule has 3 aliphatic heterocycles. The summed E-state index contributed by atoms with van der Waals surface area (Å²) in [6, 6.07) is 1.62. The SMILES string of the molecule is CC(C)(C)n1cc(C(=O)O)c(=O)c2cc(F)c(N3CC4CCC3CN4)nc21. The Balaban J connectivity index is 1.97. The van der Waals surface area contributed by atoms with E-state index in [2.05, 4.69) is 10.3 Å². The van der Waals surface area contributed by atoms with Crippen LogP contribution in [0.25, 0.3) is 11.0 Å². The Labute approximate surface area is 155 Å². The van der Waals surface area contributed by atoms with Crippen LogP contribution in [0.3, 0.4) is 0 Å². The minimum Gasteiger partial charge on any atom is -0.477 e. The number of pyridine rings is 2. The molecule has 3 aliphatic rings. The number of carbonyl (C=O) groups is 1. The van der Waals surface area contributed by atoms with Gasteiger partial charge in [-0.25, -0.2) is 14.2 Å². The van der Waals surface area contributed by atoms with Crippen LogP contribution in [0.15, 0.2) is 17.1 Å². The molecule has 5 heterocycles. The number of hydrogen-bond acceptors (Lipinski definition) is 5.